The number of hydrogen-bond acceptors (Lipinski definition) is 5. The molecule has 9 heteroatoms. The van der Waals surface area contributed by atoms with Gasteiger partial charge >= 0.3 is 12.1 Å². The van der Waals surface area contributed by atoms with Gasteiger partial charge in [-0.1, -0.05) is 0 Å². The molecule has 0 radical (unpaired) electrons. The zero-order chi connectivity index (χ0) is 21.1. The number of piperidine rings is 1. The molecule has 0 aromatic carbocycles. The highest BCUT2D eigenvalue weighted by molar-refractivity contribution is 5.89. The van der Waals surface area contributed by atoms with Crippen LogP contribution in [-0.2, 0) is 14.3 Å². The lowest BCUT2D eigenvalue weighted by Crippen LogP contribution is -2.57. The Morgan fingerprint density at radius 3 is 2.43 bits per heavy atom. The van der Waals surface area contributed by atoms with E-state index in [1.807, 2.05) is 4.90 Å². The van der Waals surface area contributed by atoms with Crippen LogP contribution in [0.1, 0.15) is 40.0 Å². The van der Waals surface area contributed by atoms with Crippen LogP contribution in [0.3, 0.4) is 0 Å². The maximum atomic E-state index is 13.3. The lowest BCUT2D eigenvalue weighted by Gasteiger charge is -2.39. The number of ether oxygens (including phenoxy) is 1. The van der Waals surface area contributed by atoms with E-state index in [0.29, 0.717) is 45.4 Å². The number of alkyl halides is 1. The Kier molecular flexibility index (Phi) is 7.25. The van der Waals surface area contributed by atoms with Crippen molar-refractivity contribution < 1.29 is 28.6 Å². The Bertz CT molecular complexity index is 595. The molecular weight excluding hydrogens is 369 g/mol. The Balaban J connectivity index is 2.03. The summed E-state index contributed by atoms with van der Waals surface area (Å²) in [5.74, 6) is -2.34. The molecule has 2 saturated heterocycles. The van der Waals surface area contributed by atoms with Crippen molar-refractivity contribution >= 4 is 18.0 Å². The molecule has 160 valence electrons. The average Bonchev–Trinajstić information content (AvgIpc) is 3.02. The molecule has 0 spiro atoms. The molecular formula is C19H32FN3O5. The van der Waals surface area contributed by atoms with Gasteiger partial charge in [0.05, 0.1) is 5.92 Å². The minimum atomic E-state index is -1.25. The summed E-state index contributed by atoms with van der Waals surface area (Å²) < 4.78 is 18.6. The molecule has 2 aliphatic rings. The summed E-state index contributed by atoms with van der Waals surface area (Å²) in [5, 5.41) is 9.72. The van der Waals surface area contributed by atoms with Gasteiger partial charge in [-0.25, -0.2) is 14.0 Å². The predicted octanol–water partition coefficient (Wildman–Crippen LogP) is 1.59. The molecule has 1 N–H and O–H groups in total. The van der Waals surface area contributed by atoms with E-state index in [2.05, 4.69) is 0 Å². The van der Waals surface area contributed by atoms with Crippen LogP contribution in [0.4, 0.5) is 9.18 Å². The van der Waals surface area contributed by atoms with Gasteiger partial charge in [-0.05, 0) is 40.0 Å². The van der Waals surface area contributed by atoms with Crippen LogP contribution in [-0.4, -0.2) is 95.4 Å². The quantitative estimate of drug-likeness (QED) is 0.752. The fourth-order valence-electron chi connectivity index (χ4n) is 3.76. The number of carboxylic acids is 1. The number of carboxylic acid groups (broad SMARTS) is 1. The van der Waals surface area contributed by atoms with E-state index in [0.717, 1.165) is 4.90 Å². The number of amides is 2. The average molecular weight is 401 g/mol. The van der Waals surface area contributed by atoms with Crippen molar-refractivity contribution in [2.45, 2.75) is 57.8 Å². The van der Waals surface area contributed by atoms with Crippen LogP contribution in [0, 0.1) is 5.92 Å². The van der Waals surface area contributed by atoms with Gasteiger partial charge in [0.2, 0.25) is 5.91 Å². The molecule has 0 saturated carbocycles. The third kappa shape index (κ3) is 5.80. The maximum absolute atomic E-state index is 13.3. The number of hydrogen-bond donors (Lipinski definition) is 1. The highest BCUT2D eigenvalue weighted by Crippen LogP contribution is 2.27. The van der Waals surface area contributed by atoms with E-state index in [1.54, 1.807) is 27.8 Å². The summed E-state index contributed by atoms with van der Waals surface area (Å²) in [7, 11) is 1.62. The SMILES string of the molecule is CN(CCN1CC[C@H](F)C1)C(=O)[C@H]1CCCN(C(=O)OC(C)(C)C)[C@H]1C(=O)O. The van der Waals surface area contributed by atoms with Crippen LogP contribution >= 0.6 is 0 Å². The molecule has 28 heavy (non-hydrogen) atoms. The summed E-state index contributed by atoms with van der Waals surface area (Å²) in [6.07, 6.45) is -0.102. The van der Waals surface area contributed by atoms with Crippen LogP contribution in [0.5, 0.6) is 0 Å². The summed E-state index contributed by atoms with van der Waals surface area (Å²) in [5.41, 5.74) is -0.752. The van der Waals surface area contributed by atoms with E-state index in [-0.39, 0.29) is 12.5 Å². The van der Waals surface area contributed by atoms with Gasteiger partial charge in [0.15, 0.2) is 0 Å². The minimum Gasteiger partial charge on any atom is -0.480 e. The summed E-state index contributed by atoms with van der Waals surface area (Å²) in [6.45, 7) is 7.34. The van der Waals surface area contributed by atoms with Crippen molar-refractivity contribution in [3.63, 3.8) is 0 Å². The van der Waals surface area contributed by atoms with Gasteiger partial charge in [-0.3, -0.25) is 14.6 Å². The van der Waals surface area contributed by atoms with Gasteiger partial charge in [0.1, 0.15) is 17.8 Å². The monoisotopic (exact) mass is 401 g/mol. The Morgan fingerprint density at radius 2 is 1.89 bits per heavy atom. The van der Waals surface area contributed by atoms with Gasteiger partial charge < -0.3 is 14.7 Å². The lowest BCUT2D eigenvalue weighted by molar-refractivity contribution is -0.153. The number of likely N-dealkylation sites (N-methyl/N-ethyl adjacent to an activating group) is 1. The number of likely N-dealkylation sites (tertiary alicyclic amines) is 2. The fraction of sp³-hybridized carbons (Fsp3) is 0.842. The largest absolute Gasteiger partial charge is 0.480 e. The summed E-state index contributed by atoms with van der Waals surface area (Å²) in [6, 6.07) is -1.25. The van der Waals surface area contributed by atoms with E-state index in [1.165, 1.54) is 4.90 Å². The highest BCUT2D eigenvalue weighted by atomic mass is 19.1. The number of nitrogens with zero attached hydrogens (tertiary/aromatic N) is 3. The van der Waals surface area contributed by atoms with E-state index in [4.69, 9.17) is 4.74 Å². The fourth-order valence-corrected chi connectivity index (χ4v) is 3.76. The molecule has 2 fully saturated rings. The molecule has 2 rings (SSSR count). The van der Waals surface area contributed by atoms with Gasteiger partial charge in [-0.15, -0.1) is 0 Å². The zero-order valence-corrected chi connectivity index (χ0v) is 17.2. The van der Waals surface area contributed by atoms with Crippen molar-refractivity contribution in [3.8, 4) is 0 Å². The van der Waals surface area contributed by atoms with Crippen LogP contribution < -0.4 is 0 Å². The van der Waals surface area contributed by atoms with Crippen molar-refractivity contribution in [2.75, 3.05) is 39.8 Å². The summed E-state index contributed by atoms with van der Waals surface area (Å²) >= 11 is 0. The number of carbonyl (C=O) groups is 3. The first-order valence-corrected chi connectivity index (χ1v) is 9.83. The first-order chi connectivity index (χ1) is 13.0. The third-order valence-electron chi connectivity index (χ3n) is 5.17. The topological polar surface area (TPSA) is 90.4 Å². The molecule has 0 aromatic heterocycles. The Morgan fingerprint density at radius 1 is 1.21 bits per heavy atom. The van der Waals surface area contributed by atoms with Crippen molar-refractivity contribution in [1.29, 1.82) is 0 Å². The molecule has 0 unspecified atom stereocenters. The predicted molar refractivity (Wildman–Crippen MR) is 101 cm³/mol. The molecule has 0 bridgehead atoms. The van der Waals surface area contributed by atoms with E-state index in [9.17, 15) is 23.9 Å². The molecule has 2 aliphatic heterocycles. The van der Waals surface area contributed by atoms with Crippen LogP contribution in [0.15, 0.2) is 0 Å². The number of rotatable bonds is 5. The molecule has 2 heterocycles. The van der Waals surface area contributed by atoms with Gasteiger partial charge in [0.25, 0.3) is 0 Å². The first kappa shape index (κ1) is 22.4. The lowest BCUT2D eigenvalue weighted by atomic mass is 9.88. The van der Waals surface area contributed by atoms with Gasteiger partial charge in [-0.2, -0.15) is 0 Å². The molecule has 3 atom stereocenters. The standard InChI is InChI=1S/C19H32FN3O5/c1-19(2,3)28-18(27)23-8-5-6-14(15(23)17(25)26)16(24)21(4)10-11-22-9-7-13(20)12-22/h13-15H,5-12H2,1-4H3,(H,25,26)/t13-,14-,15+/m0/s1. The normalized spacial score (nSPS) is 26.2. The molecule has 0 aromatic rings. The van der Waals surface area contributed by atoms with Gasteiger partial charge in [0, 0.05) is 39.8 Å². The van der Waals surface area contributed by atoms with E-state index < -0.39 is 35.8 Å². The second kappa shape index (κ2) is 9.07. The minimum absolute atomic E-state index is 0.241. The van der Waals surface area contributed by atoms with Crippen molar-refractivity contribution in [3.05, 3.63) is 0 Å². The van der Waals surface area contributed by atoms with Crippen molar-refractivity contribution in [2.24, 2.45) is 5.92 Å². The van der Waals surface area contributed by atoms with Crippen LogP contribution in [0.25, 0.3) is 0 Å². The van der Waals surface area contributed by atoms with E-state index >= 15 is 0 Å². The van der Waals surface area contributed by atoms with Crippen LogP contribution in [0.2, 0.25) is 0 Å². The zero-order valence-electron chi connectivity index (χ0n) is 17.2. The molecule has 8 nitrogen and oxygen atoms in total. The number of carbonyl (C=O) groups excluding carboxylic acids is 2. The third-order valence-corrected chi connectivity index (χ3v) is 5.17. The Labute approximate surface area is 165 Å². The second-order valence-electron chi connectivity index (χ2n) is 8.65. The number of halogens is 1. The molecule has 0 aliphatic carbocycles. The first-order valence-electron chi connectivity index (χ1n) is 9.83. The number of aliphatic carboxylic acids is 1. The van der Waals surface area contributed by atoms with Crippen molar-refractivity contribution in [1.82, 2.24) is 14.7 Å². The highest BCUT2D eigenvalue weighted by Gasteiger charge is 2.45. The summed E-state index contributed by atoms with van der Waals surface area (Å²) in [4.78, 5) is 41.9. The smallest absolute Gasteiger partial charge is 0.411 e. The maximum Gasteiger partial charge on any atom is 0.411 e. The Hall–Kier alpha value is -1.90. The second-order valence-corrected chi connectivity index (χ2v) is 8.65. The molecule has 2 amide bonds.